The van der Waals surface area contributed by atoms with Gasteiger partial charge in [-0.05, 0) is 66.9 Å². The first-order valence-electron chi connectivity index (χ1n) is 10.8. The number of carbonyl (C=O) groups is 2. The molecule has 0 amide bonds. The fraction of sp³-hybridized carbons (Fsp3) is 0.600. The highest BCUT2D eigenvalue weighted by Crippen LogP contribution is 2.66. The van der Waals surface area contributed by atoms with Crippen molar-refractivity contribution in [2.45, 2.75) is 64.7 Å². The summed E-state index contributed by atoms with van der Waals surface area (Å²) >= 11 is 0. The van der Waals surface area contributed by atoms with Gasteiger partial charge in [0.25, 0.3) is 0 Å². The molecule has 0 spiro atoms. The van der Waals surface area contributed by atoms with Gasteiger partial charge in [-0.2, -0.15) is 0 Å². The van der Waals surface area contributed by atoms with Crippen molar-refractivity contribution in [1.29, 1.82) is 0 Å². The van der Waals surface area contributed by atoms with Crippen molar-refractivity contribution in [3.05, 3.63) is 47.5 Å². The van der Waals surface area contributed by atoms with Crippen LogP contribution in [0.2, 0.25) is 0 Å². The summed E-state index contributed by atoms with van der Waals surface area (Å²) in [6.07, 6.45) is 8.83. The second-order valence-corrected chi connectivity index (χ2v) is 9.98. The van der Waals surface area contributed by atoms with Crippen molar-refractivity contribution < 1.29 is 9.59 Å². The Morgan fingerprint density at radius 1 is 0.889 bits per heavy atom. The lowest BCUT2D eigenvalue weighted by Gasteiger charge is -2.59. The predicted octanol–water partition coefficient (Wildman–Crippen LogP) is 5.48. The Balaban J connectivity index is 1.62. The van der Waals surface area contributed by atoms with Crippen molar-refractivity contribution in [1.82, 2.24) is 0 Å². The fourth-order valence-corrected chi connectivity index (χ4v) is 7.41. The van der Waals surface area contributed by atoms with Gasteiger partial charge in [0, 0.05) is 24.2 Å². The zero-order valence-electron chi connectivity index (χ0n) is 16.5. The monoisotopic (exact) mass is 362 g/mol. The zero-order chi connectivity index (χ0) is 18.8. The lowest BCUT2D eigenvalue weighted by Crippen LogP contribution is -2.52. The molecule has 0 bridgehead atoms. The van der Waals surface area contributed by atoms with E-state index < -0.39 is 0 Å². The number of allylic oxidation sites excluding steroid dienone is 1. The van der Waals surface area contributed by atoms with Crippen molar-refractivity contribution in [3.8, 4) is 0 Å². The van der Waals surface area contributed by atoms with E-state index in [1.807, 2.05) is 6.08 Å². The molecule has 4 aliphatic rings. The van der Waals surface area contributed by atoms with Crippen molar-refractivity contribution in [3.63, 3.8) is 0 Å². The minimum Gasteiger partial charge on any atom is -0.299 e. The fourth-order valence-electron chi connectivity index (χ4n) is 7.41. The van der Waals surface area contributed by atoms with Gasteiger partial charge in [-0.1, -0.05) is 49.8 Å². The number of Topliss-reactive ketones (excluding diaryl/α,β-unsaturated/α-hetero) is 1. The number of hydrogen-bond acceptors (Lipinski definition) is 2. The topological polar surface area (TPSA) is 34.1 Å². The average molecular weight is 363 g/mol. The maximum absolute atomic E-state index is 12.7. The van der Waals surface area contributed by atoms with E-state index in [2.05, 4.69) is 44.2 Å². The van der Waals surface area contributed by atoms with Crippen LogP contribution >= 0.6 is 0 Å². The summed E-state index contributed by atoms with van der Waals surface area (Å²) in [5, 5.41) is 0. The van der Waals surface area contributed by atoms with E-state index in [4.69, 9.17) is 0 Å². The number of rotatable bonds is 1. The van der Waals surface area contributed by atoms with E-state index in [0.29, 0.717) is 41.7 Å². The first-order valence-corrected chi connectivity index (χ1v) is 10.8. The normalized spacial score (nSPS) is 43.6. The maximum Gasteiger partial charge on any atom is 0.155 e. The highest BCUT2D eigenvalue weighted by molar-refractivity contribution is 5.92. The van der Waals surface area contributed by atoms with Crippen LogP contribution in [-0.2, 0) is 9.59 Å². The number of fused-ring (bicyclic) bond motifs is 5. The highest BCUT2D eigenvalue weighted by atomic mass is 16.1. The van der Waals surface area contributed by atoms with Crippen LogP contribution in [0.25, 0.3) is 0 Å². The Morgan fingerprint density at radius 2 is 1.63 bits per heavy atom. The molecule has 4 aliphatic carbocycles. The molecule has 0 radical (unpaired) electrons. The minimum absolute atomic E-state index is 0.0928. The number of ketones is 2. The molecule has 142 valence electrons. The van der Waals surface area contributed by atoms with Crippen molar-refractivity contribution in [2.24, 2.45) is 28.6 Å². The van der Waals surface area contributed by atoms with E-state index in [-0.39, 0.29) is 10.8 Å². The second kappa shape index (κ2) is 5.90. The van der Waals surface area contributed by atoms with Crippen LogP contribution in [0.3, 0.4) is 0 Å². The summed E-state index contributed by atoms with van der Waals surface area (Å²) in [5.74, 6) is 2.91. The summed E-state index contributed by atoms with van der Waals surface area (Å²) in [5.41, 5.74) is 2.76. The minimum atomic E-state index is -0.0928. The van der Waals surface area contributed by atoms with Gasteiger partial charge in [-0.3, -0.25) is 9.59 Å². The van der Waals surface area contributed by atoms with Crippen LogP contribution in [0, 0.1) is 28.6 Å². The summed E-state index contributed by atoms with van der Waals surface area (Å²) < 4.78 is 0. The van der Waals surface area contributed by atoms with Gasteiger partial charge in [-0.25, -0.2) is 0 Å². The molecular weight excluding hydrogens is 332 g/mol. The first kappa shape index (κ1) is 17.4. The summed E-state index contributed by atoms with van der Waals surface area (Å²) in [6.45, 7) is 4.68. The molecule has 0 aliphatic heterocycles. The van der Waals surface area contributed by atoms with Gasteiger partial charge < -0.3 is 0 Å². The highest BCUT2D eigenvalue weighted by Gasteiger charge is 2.60. The molecule has 3 saturated carbocycles. The first-order chi connectivity index (χ1) is 12.9. The number of benzene rings is 1. The lowest BCUT2D eigenvalue weighted by molar-refractivity contribution is -0.132. The van der Waals surface area contributed by atoms with Crippen LogP contribution in [-0.4, -0.2) is 11.6 Å². The molecule has 3 fully saturated rings. The Bertz CT molecular complexity index is 822. The van der Waals surface area contributed by atoms with E-state index in [9.17, 15) is 9.59 Å². The SMILES string of the molecule is C[C@]12CCC(=O)C=C1[C@H](c1ccccc1)C[C@@H]1[C@@H]2CC[C@]2(C)C(=O)CC[C@@H]12. The van der Waals surface area contributed by atoms with Gasteiger partial charge >= 0.3 is 0 Å². The molecular formula is C25H30O2. The van der Waals surface area contributed by atoms with Crippen LogP contribution in [0.5, 0.6) is 0 Å². The molecule has 0 heterocycles. The smallest absolute Gasteiger partial charge is 0.155 e. The third kappa shape index (κ3) is 2.38. The van der Waals surface area contributed by atoms with E-state index in [1.54, 1.807) is 0 Å². The summed E-state index contributed by atoms with van der Waals surface area (Å²) in [6, 6.07) is 10.8. The Morgan fingerprint density at radius 3 is 2.41 bits per heavy atom. The van der Waals surface area contributed by atoms with Gasteiger partial charge in [0.2, 0.25) is 0 Å². The van der Waals surface area contributed by atoms with Gasteiger partial charge in [-0.15, -0.1) is 0 Å². The second-order valence-electron chi connectivity index (χ2n) is 9.98. The predicted molar refractivity (Wildman–Crippen MR) is 106 cm³/mol. The van der Waals surface area contributed by atoms with Crippen LogP contribution in [0.4, 0.5) is 0 Å². The maximum atomic E-state index is 12.7. The van der Waals surface area contributed by atoms with Gasteiger partial charge in [0.1, 0.15) is 5.78 Å². The number of hydrogen-bond donors (Lipinski definition) is 0. The van der Waals surface area contributed by atoms with Gasteiger partial charge in [0.05, 0.1) is 0 Å². The molecule has 27 heavy (non-hydrogen) atoms. The van der Waals surface area contributed by atoms with Gasteiger partial charge in [0.15, 0.2) is 5.78 Å². The van der Waals surface area contributed by atoms with Crippen molar-refractivity contribution >= 4 is 11.6 Å². The molecule has 6 atom stereocenters. The van der Waals surface area contributed by atoms with E-state index in [1.165, 1.54) is 11.1 Å². The van der Waals surface area contributed by atoms with Crippen LogP contribution in [0.1, 0.15) is 70.3 Å². The molecule has 2 heteroatoms. The number of carbonyl (C=O) groups excluding carboxylic acids is 2. The average Bonchev–Trinajstić information content (AvgIpc) is 2.98. The molecule has 1 aromatic carbocycles. The molecule has 0 saturated heterocycles. The molecule has 1 aromatic rings. The van der Waals surface area contributed by atoms with E-state index in [0.717, 1.165) is 38.5 Å². The molecule has 5 rings (SSSR count). The quantitative estimate of drug-likeness (QED) is 0.663. The zero-order valence-corrected chi connectivity index (χ0v) is 16.5. The molecule has 2 nitrogen and oxygen atoms in total. The summed E-state index contributed by atoms with van der Waals surface area (Å²) in [7, 11) is 0. The van der Waals surface area contributed by atoms with Crippen LogP contribution < -0.4 is 0 Å². The molecule has 0 unspecified atom stereocenters. The van der Waals surface area contributed by atoms with Crippen molar-refractivity contribution in [2.75, 3.05) is 0 Å². The largest absolute Gasteiger partial charge is 0.299 e. The Hall–Kier alpha value is -1.70. The molecule has 0 aromatic heterocycles. The Kier molecular flexibility index (Phi) is 3.80. The third-order valence-electron chi connectivity index (χ3n) is 8.92. The van der Waals surface area contributed by atoms with Crippen LogP contribution in [0.15, 0.2) is 42.0 Å². The van der Waals surface area contributed by atoms with E-state index >= 15 is 0 Å². The third-order valence-corrected chi connectivity index (χ3v) is 8.92. The Labute approximate surface area is 162 Å². The lowest BCUT2D eigenvalue weighted by atomic mass is 9.45. The summed E-state index contributed by atoms with van der Waals surface area (Å²) in [4.78, 5) is 25.1. The molecule has 0 N–H and O–H groups in total. The standard InChI is InChI=1S/C25H30O2/c1-24-12-10-17(26)14-22(24)18(16-6-4-3-5-7-16)15-19-20-8-9-23(27)25(20,2)13-11-21(19)24/h3-7,14,18-21H,8-13,15H2,1-2H3/t18-,19-,20-,21-,24+,25-/m0/s1.